The summed E-state index contributed by atoms with van der Waals surface area (Å²) < 4.78 is 15.7. The number of aliphatic hydroxyl groups is 2. The largest absolute Gasteiger partial charge is 0.504 e. The SMILES string of the molecule is COc1cc(NC(O)(O)c2c(O)c(O)c3nc(N)nc(N)c3c2C)cc(OC)c1OC. The van der Waals surface area contributed by atoms with Gasteiger partial charge in [0.25, 0.3) is 5.91 Å². The van der Waals surface area contributed by atoms with Crippen molar-refractivity contribution in [3.05, 3.63) is 23.3 Å². The van der Waals surface area contributed by atoms with E-state index in [0.29, 0.717) is 5.75 Å². The smallest absolute Gasteiger partial charge is 0.276 e. The molecule has 12 heteroatoms. The minimum Gasteiger partial charge on any atom is -0.504 e. The van der Waals surface area contributed by atoms with Crippen LogP contribution in [0, 0.1) is 6.92 Å². The van der Waals surface area contributed by atoms with Gasteiger partial charge in [0.1, 0.15) is 11.3 Å². The van der Waals surface area contributed by atoms with Crippen molar-refractivity contribution in [1.82, 2.24) is 9.97 Å². The van der Waals surface area contributed by atoms with Crippen molar-refractivity contribution in [3.63, 3.8) is 0 Å². The van der Waals surface area contributed by atoms with Crippen LogP contribution >= 0.6 is 0 Å². The molecule has 12 nitrogen and oxygen atoms in total. The zero-order valence-electron chi connectivity index (χ0n) is 17.2. The monoisotopic (exact) mass is 433 g/mol. The van der Waals surface area contributed by atoms with Crippen LogP contribution in [0.2, 0.25) is 0 Å². The predicted molar refractivity (Wildman–Crippen MR) is 112 cm³/mol. The van der Waals surface area contributed by atoms with E-state index in [1.54, 1.807) is 0 Å². The number of phenolic OH excluding ortho intramolecular Hbond substituents is 2. The first-order valence-electron chi connectivity index (χ1n) is 8.86. The van der Waals surface area contributed by atoms with E-state index in [-0.39, 0.29) is 45.4 Å². The number of nitrogen functional groups attached to an aromatic ring is 2. The molecule has 0 amide bonds. The Labute approximate surface area is 176 Å². The van der Waals surface area contributed by atoms with Crippen molar-refractivity contribution >= 4 is 28.4 Å². The Bertz CT molecular complexity index is 1140. The van der Waals surface area contributed by atoms with E-state index in [0.717, 1.165) is 0 Å². The lowest BCUT2D eigenvalue weighted by atomic mass is 9.98. The molecule has 3 rings (SSSR count). The fraction of sp³-hybridized carbons (Fsp3) is 0.263. The molecule has 1 heterocycles. The molecule has 0 aliphatic carbocycles. The third-order valence-corrected chi connectivity index (χ3v) is 4.72. The molecule has 2 aromatic carbocycles. The minimum atomic E-state index is -2.88. The Morgan fingerprint density at radius 3 is 2.03 bits per heavy atom. The van der Waals surface area contributed by atoms with Crippen molar-refractivity contribution in [2.24, 2.45) is 0 Å². The Morgan fingerprint density at radius 1 is 0.935 bits per heavy atom. The van der Waals surface area contributed by atoms with Crippen molar-refractivity contribution in [1.29, 1.82) is 0 Å². The average molecular weight is 433 g/mol. The van der Waals surface area contributed by atoms with Gasteiger partial charge >= 0.3 is 0 Å². The number of methoxy groups -OCH3 is 3. The molecule has 3 aromatic rings. The Kier molecular flexibility index (Phi) is 5.44. The third-order valence-electron chi connectivity index (χ3n) is 4.72. The van der Waals surface area contributed by atoms with Gasteiger partial charge in [-0.2, -0.15) is 4.98 Å². The molecule has 0 radical (unpaired) electrons. The van der Waals surface area contributed by atoms with Crippen LogP contribution in [0.3, 0.4) is 0 Å². The number of hydrogen-bond acceptors (Lipinski definition) is 12. The first-order valence-corrected chi connectivity index (χ1v) is 8.86. The van der Waals surface area contributed by atoms with Crippen LogP contribution in [0.4, 0.5) is 17.5 Å². The normalized spacial score (nSPS) is 11.4. The van der Waals surface area contributed by atoms with Crippen LogP contribution in [0.25, 0.3) is 10.9 Å². The number of benzene rings is 2. The first-order chi connectivity index (χ1) is 14.5. The number of nitrogens with zero attached hydrogens (tertiary/aromatic N) is 2. The number of nitrogens with one attached hydrogen (secondary N) is 1. The second-order valence-electron chi connectivity index (χ2n) is 6.60. The molecule has 166 valence electrons. The van der Waals surface area contributed by atoms with Gasteiger partial charge in [0, 0.05) is 17.8 Å². The van der Waals surface area contributed by atoms with Crippen molar-refractivity contribution < 1.29 is 34.6 Å². The second kappa shape index (κ2) is 7.74. The maximum Gasteiger partial charge on any atom is 0.276 e. The van der Waals surface area contributed by atoms with Gasteiger partial charge < -0.3 is 51.4 Å². The lowest BCUT2D eigenvalue weighted by Crippen LogP contribution is -2.35. The van der Waals surface area contributed by atoms with Crippen molar-refractivity contribution in [2.75, 3.05) is 38.1 Å². The average Bonchev–Trinajstić information content (AvgIpc) is 2.70. The number of fused-ring (bicyclic) bond motifs is 1. The molecule has 0 unspecified atom stereocenters. The summed E-state index contributed by atoms with van der Waals surface area (Å²) in [5, 5.41) is 45.2. The summed E-state index contributed by atoms with van der Waals surface area (Å²) in [7, 11) is 4.23. The van der Waals surface area contributed by atoms with Crippen LogP contribution in [-0.2, 0) is 5.91 Å². The molecule has 1 aromatic heterocycles. The van der Waals surface area contributed by atoms with E-state index in [4.69, 9.17) is 25.7 Å². The quantitative estimate of drug-likeness (QED) is 0.213. The number of aromatic nitrogens is 2. The van der Waals surface area contributed by atoms with Gasteiger partial charge in [-0.3, -0.25) is 0 Å². The minimum absolute atomic E-state index is 0.0960. The summed E-state index contributed by atoms with van der Waals surface area (Å²) in [6, 6.07) is 2.85. The summed E-state index contributed by atoms with van der Waals surface area (Å²) in [6.45, 7) is 1.45. The van der Waals surface area contributed by atoms with Crippen LogP contribution in [-0.4, -0.2) is 51.7 Å². The molecule has 0 saturated carbocycles. The molecule has 0 saturated heterocycles. The zero-order chi connectivity index (χ0) is 23.1. The van der Waals surface area contributed by atoms with Gasteiger partial charge in [0.15, 0.2) is 23.0 Å². The van der Waals surface area contributed by atoms with Crippen LogP contribution < -0.4 is 31.0 Å². The fourth-order valence-electron chi connectivity index (χ4n) is 3.41. The van der Waals surface area contributed by atoms with E-state index < -0.39 is 23.0 Å². The molecule has 0 fully saturated rings. The fourth-order valence-corrected chi connectivity index (χ4v) is 3.41. The highest BCUT2D eigenvalue weighted by molar-refractivity contribution is 5.98. The number of aryl methyl sites for hydroxylation is 1. The van der Waals surface area contributed by atoms with Gasteiger partial charge in [-0.15, -0.1) is 0 Å². The summed E-state index contributed by atoms with van der Waals surface area (Å²) in [5.74, 6) is -3.99. The highest BCUT2D eigenvalue weighted by atomic mass is 16.5. The topological polar surface area (TPSA) is 198 Å². The van der Waals surface area contributed by atoms with Crippen molar-refractivity contribution in [3.8, 4) is 28.7 Å². The number of rotatable bonds is 6. The van der Waals surface area contributed by atoms with Crippen molar-refractivity contribution in [2.45, 2.75) is 12.8 Å². The Morgan fingerprint density at radius 2 is 1.52 bits per heavy atom. The van der Waals surface area contributed by atoms with Crippen LogP contribution in [0.5, 0.6) is 28.7 Å². The first kappa shape index (κ1) is 21.8. The predicted octanol–water partition coefficient (Wildman–Crippen LogP) is 0.747. The zero-order valence-corrected chi connectivity index (χ0v) is 17.2. The molecule has 0 spiro atoms. The van der Waals surface area contributed by atoms with Gasteiger partial charge in [0.05, 0.1) is 32.3 Å². The molecule has 0 aliphatic rings. The summed E-state index contributed by atoms with van der Waals surface area (Å²) in [6.07, 6.45) is 0. The van der Waals surface area contributed by atoms with E-state index >= 15 is 0 Å². The lowest BCUT2D eigenvalue weighted by molar-refractivity contribution is -0.145. The van der Waals surface area contributed by atoms with Crippen LogP contribution in [0.1, 0.15) is 11.1 Å². The maximum absolute atomic E-state index is 10.8. The number of phenols is 2. The third kappa shape index (κ3) is 3.58. The standard InChI is InChI=1S/C19H23N5O7/c1-7-11-13(22-18(21)23-17(11)20)15(26)14(25)12(7)19(27,28)24-8-5-9(29-2)16(31-4)10(6-8)30-3/h5-6,24-28H,1-4H3,(H4,20,21,22,23). The van der Waals surface area contributed by atoms with Gasteiger partial charge in [-0.25, -0.2) is 4.98 Å². The van der Waals surface area contributed by atoms with Gasteiger partial charge in [-0.05, 0) is 12.5 Å². The second-order valence-corrected chi connectivity index (χ2v) is 6.60. The van der Waals surface area contributed by atoms with E-state index in [9.17, 15) is 20.4 Å². The molecule has 0 atom stereocenters. The Balaban J connectivity index is 2.19. The van der Waals surface area contributed by atoms with E-state index in [1.165, 1.54) is 40.4 Å². The molecule has 31 heavy (non-hydrogen) atoms. The number of ether oxygens (including phenoxy) is 3. The van der Waals surface area contributed by atoms with E-state index in [1.807, 2.05) is 0 Å². The number of aromatic hydroxyl groups is 2. The summed E-state index contributed by atoms with van der Waals surface area (Å²) >= 11 is 0. The highest BCUT2D eigenvalue weighted by Gasteiger charge is 2.36. The van der Waals surface area contributed by atoms with E-state index in [2.05, 4.69) is 15.3 Å². The highest BCUT2D eigenvalue weighted by Crippen LogP contribution is 2.46. The molecule has 9 N–H and O–H groups in total. The maximum atomic E-state index is 10.8. The summed E-state index contributed by atoms with van der Waals surface area (Å²) in [4.78, 5) is 7.70. The number of anilines is 3. The molecule has 0 aliphatic heterocycles. The number of nitrogens with two attached hydrogens (primary N) is 2. The molecular formula is C19H23N5O7. The summed E-state index contributed by atoms with van der Waals surface area (Å²) in [5.41, 5.74) is 11.1. The number of hydrogen-bond donors (Lipinski definition) is 7. The molecule has 0 bridgehead atoms. The molecular weight excluding hydrogens is 410 g/mol. The van der Waals surface area contributed by atoms with Gasteiger partial charge in [-0.1, -0.05) is 0 Å². The Hall–Kier alpha value is -3.90. The van der Waals surface area contributed by atoms with Crippen LogP contribution in [0.15, 0.2) is 12.1 Å². The lowest BCUT2D eigenvalue weighted by Gasteiger charge is -2.28. The van der Waals surface area contributed by atoms with Gasteiger partial charge in [0.2, 0.25) is 11.7 Å².